The van der Waals surface area contributed by atoms with Crippen LogP contribution in [0.2, 0.25) is 5.02 Å². The Morgan fingerprint density at radius 3 is 2.88 bits per heavy atom. The summed E-state index contributed by atoms with van der Waals surface area (Å²) < 4.78 is 3.39. The molecule has 3 heterocycles. The lowest BCUT2D eigenvalue weighted by Gasteiger charge is -2.02. The second kappa shape index (κ2) is 5.82. The van der Waals surface area contributed by atoms with Crippen LogP contribution >= 0.6 is 11.6 Å². The molecule has 9 heteroatoms. The van der Waals surface area contributed by atoms with Crippen molar-refractivity contribution in [2.24, 2.45) is 0 Å². The van der Waals surface area contributed by atoms with Gasteiger partial charge in [0, 0.05) is 17.4 Å². The Balaban J connectivity index is 1.53. The van der Waals surface area contributed by atoms with Crippen molar-refractivity contribution in [3.05, 3.63) is 70.3 Å². The van der Waals surface area contributed by atoms with Crippen LogP contribution in [0, 0.1) is 0 Å². The molecule has 0 unspecified atom stereocenters. The molecule has 0 spiro atoms. The smallest absolute Gasteiger partial charge is 0.293 e. The van der Waals surface area contributed by atoms with E-state index in [9.17, 15) is 4.79 Å². The van der Waals surface area contributed by atoms with Crippen molar-refractivity contribution in [1.29, 1.82) is 0 Å². The Bertz CT molecular complexity index is 1050. The van der Waals surface area contributed by atoms with Gasteiger partial charge in [-0.15, -0.1) is 10.2 Å². The number of anilines is 1. The van der Waals surface area contributed by atoms with Crippen LogP contribution in [0.25, 0.3) is 11.3 Å². The van der Waals surface area contributed by atoms with Crippen molar-refractivity contribution in [1.82, 2.24) is 29.4 Å². The van der Waals surface area contributed by atoms with Crippen molar-refractivity contribution < 1.29 is 0 Å². The summed E-state index contributed by atoms with van der Waals surface area (Å²) in [6.07, 6.45) is 6.84. The highest BCUT2D eigenvalue weighted by atomic mass is 35.5. The number of hydrogen-bond donors (Lipinski definition) is 2. The Kier molecular flexibility index (Phi) is 3.51. The second-order valence-corrected chi connectivity index (χ2v) is 5.54. The molecule has 3 aromatic heterocycles. The van der Waals surface area contributed by atoms with E-state index in [1.807, 2.05) is 30.5 Å². The van der Waals surface area contributed by atoms with Gasteiger partial charge in [0.15, 0.2) is 5.82 Å². The molecular weight excluding hydrogens is 330 g/mol. The van der Waals surface area contributed by atoms with Crippen molar-refractivity contribution in [2.75, 3.05) is 5.32 Å². The molecule has 0 atom stereocenters. The van der Waals surface area contributed by atoms with Crippen LogP contribution < -0.4 is 10.9 Å². The van der Waals surface area contributed by atoms with Crippen LogP contribution in [-0.4, -0.2) is 29.4 Å². The maximum Gasteiger partial charge on any atom is 0.293 e. The highest BCUT2D eigenvalue weighted by Crippen LogP contribution is 2.15. The summed E-state index contributed by atoms with van der Waals surface area (Å²) in [5, 5.41) is 16.1. The monoisotopic (exact) mass is 341 g/mol. The van der Waals surface area contributed by atoms with Gasteiger partial charge in [0.2, 0.25) is 5.65 Å². The van der Waals surface area contributed by atoms with Gasteiger partial charge in [0.25, 0.3) is 5.56 Å². The van der Waals surface area contributed by atoms with E-state index in [1.54, 1.807) is 27.7 Å². The van der Waals surface area contributed by atoms with E-state index in [-0.39, 0.29) is 11.2 Å². The van der Waals surface area contributed by atoms with E-state index in [0.717, 1.165) is 11.4 Å². The number of benzene rings is 1. The molecule has 0 aliphatic heterocycles. The predicted molar refractivity (Wildman–Crippen MR) is 89.5 cm³/mol. The van der Waals surface area contributed by atoms with E-state index in [4.69, 9.17) is 11.6 Å². The zero-order valence-corrected chi connectivity index (χ0v) is 13.1. The van der Waals surface area contributed by atoms with E-state index in [2.05, 4.69) is 25.6 Å². The molecule has 24 heavy (non-hydrogen) atoms. The average Bonchev–Trinajstić information content (AvgIpc) is 3.21. The van der Waals surface area contributed by atoms with Gasteiger partial charge in [-0.2, -0.15) is 5.10 Å². The zero-order valence-electron chi connectivity index (χ0n) is 12.3. The van der Waals surface area contributed by atoms with Gasteiger partial charge in [0.05, 0.1) is 30.3 Å². The summed E-state index contributed by atoms with van der Waals surface area (Å²) in [5.74, 6) is 0.635. The number of aromatic nitrogens is 6. The summed E-state index contributed by atoms with van der Waals surface area (Å²) in [4.78, 5) is 14.2. The standard InChI is InChI=1S/C15H12ClN7O/c16-10-1-3-12(4-2-10)23-9-11(7-19-23)18-8-13-20-21-14-15(24)17-5-6-22(13)14/h1-7,9,18H,8H2,(H,17,24). The quantitative estimate of drug-likeness (QED) is 0.591. The molecule has 0 radical (unpaired) electrons. The van der Waals surface area contributed by atoms with Crippen molar-refractivity contribution in [2.45, 2.75) is 6.54 Å². The van der Waals surface area contributed by atoms with E-state index in [0.29, 0.717) is 17.4 Å². The molecular formula is C15H12ClN7O. The number of nitrogens with one attached hydrogen (secondary N) is 2. The number of hydrogen-bond acceptors (Lipinski definition) is 5. The lowest BCUT2D eigenvalue weighted by Crippen LogP contribution is -2.10. The van der Waals surface area contributed by atoms with Crippen LogP contribution in [0.4, 0.5) is 5.69 Å². The third kappa shape index (κ3) is 2.63. The largest absolute Gasteiger partial charge is 0.375 e. The summed E-state index contributed by atoms with van der Waals surface area (Å²) in [7, 11) is 0. The predicted octanol–water partition coefficient (Wildman–Crippen LogP) is 1.87. The maximum absolute atomic E-state index is 11.6. The molecule has 120 valence electrons. The molecule has 0 amide bonds. The summed E-state index contributed by atoms with van der Waals surface area (Å²) >= 11 is 5.89. The molecule has 0 aliphatic carbocycles. The Hall–Kier alpha value is -3.13. The topological polar surface area (TPSA) is 92.9 Å². The molecule has 1 aromatic carbocycles. The third-order valence-electron chi connectivity index (χ3n) is 3.53. The minimum Gasteiger partial charge on any atom is -0.375 e. The minimum absolute atomic E-state index is 0.270. The number of aromatic amines is 1. The van der Waals surface area contributed by atoms with E-state index < -0.39 is 0 Å². The molecule has 8 nitrogen and oxygen atoms in total. The van der Waals surface area contributed by atoms with Crippen LogP contribution in [0.5, 0.6) is 0 Å². The molecule has 4 rings (SSSR count). The highest BCUT2D eigenvalue weighted by Gasteiger charge is 2.08. The second-order valence-electron chi connectivity index (χ2n) is 5.10. The SMILES string of the molecule is O=c1[nH]ccn2c(CNc3cnn(-c4ccc(Cl)cc4)c3)nnc12. The number of halogens is 1. The van der Waals surface area contributed by atoms with Crippen LogP contribution in [-0.2, 0) is 6.54 Å². The van der Waals surface area contributed by atoms with E-state index in [1.165, 1.54) is 0 Å². The summed E-state index contributed by atoms with van der Waals surface area (Å²) in [6, 6.07) is 7.39. The minimum atomic E-state index is -0.271. The molecule has 2 N–H and O–H groups in total. The highest BCUT2D eigenvalue weighted by molar-refractivity contribution is 6.30. The normalized spacial score (nSPS) is 11.0. The molecule has 0 aliphatic rings. The number of rotatable bonds is 4. The van der Waals surface area contributed by atoms with Crippen molar-refractivity contribution in [3.8, 4) is 5.69 Å². The maximum atomic E-state index is 11.6. The number of nitrogens with zero attached hydrogens (tertiary/aromatic N) is 5. The summed E-state index contributed by atoms with van der Waals surface area (Å²) in [6.45, 7) is 0.414. The number of H-pyrrole nitrogens is 1. The first kappa shape index (κ1) is 14.5. The van der Waals surface area contributed by atoms with Gasteiger partial charge in [-0.3, -0.25) is 9.20 Å². The Morgan fingerprint density at radius 1 is 1.21 bits per heavy atom. The van der Waals surface area contributed by atoms with Gasteiger partial charge in [0.1, 0.15) is 0 Å². The van der Waals surface area contributed by atoms with Gasteiger partial charge >= 0.3 is 0 Å². The van der Waals surface area contributed by atoms with Gasteiger partial charge < -0.3 is 10.3 Å². The van der Waals surface area contributed by atoms with Crippen LogP contribution in [0.1, 0.15) is 5.82 Å². The fourth-order valence-corrected chi connectivity index (χ4v) is 2.46. The third-order valence-corrected chi connectivity index (χ3v) is 3.78. The first-order valence-corrected chi connectivity index (χ1v) is 7.54. The van der Waals surface area contributed by atoms with E-state index >= 15 is 0 Å². The lowest BCUT2D eigenvalue weighted by molar-refractivity contribution is 0.880. The van der Waals surface area contributed by atoms with Gasteiger partial charge in [-0.05, 0) is 24.3 Å². The molecule has 0 saturated heterocycles. The Labute approximate surface area is 140 Å². The Morgan fingerprint density at radius 2 is 2.04 bits per heavy atom. The fraction of sp³-hybridized carbons (Fsp3) is 0.0667. The average molecular weight is 342 g/mol. The summed E-state index contributed by atoms with van der Waals surface area (Å²) in [5.41, 5.74) is 1.73. The molecule has 0 saturated carbocycles. The molecule has 4 aromatic rings. The van der Waals surface area contributed by atoms with Gasteiger partial charge in [-0.1, -0.05) is 11.6 Å². The lowest BCUT2D eigenvalue weighted by atomic mass is 10.3. The zero-order chi connectivity index (χ0) is 16.5. The van der Waals surface area contributed by atoms with Crippen molar-refractivity contribution in [3.63, 3.8) is 0 Å². The fourth-order valence-electron chi connectivity index (χ4n) is 2.34. The van der Waals surface area contributed by atoms with Crippen LogP contribution in [0.3, 0.4) is 0 Å². The first-order valence-electron chi connectivity index (χ1n) is 7.16. The van der Waals surface area contributed by atoms with Crippen LogP contribution in [0.15, 0.2) is 53.8 Å². The number of fused-ring (bicyclic) bond motifs is 1. The molecule has 0 bridgehead atoms. The molecule has 0 fully saturated rings. The first-order chi connectivity index (χ1) is 11.7. The van der Waals surface area contributed by atoms with Gasteiger partial charge in [-0.25, -0.2) is 4.68 Å². The van der Waals surface area contributed by atoms with Crippen molar-refractivity contribution >= 4 is 22.9 Å².